The summed E-state index contributed by atoms with van der Waals surface area (Å²) < 4.78 is 0. The topological polar surface area (TPSA) is 0 Å². The number of rotatable bonds is 1. The zero-order valence-electron chi connectivity index (χ0n) is 14.9. The van der Waals surface area contributed by atoms with Gasteiger partial charge in [-0.05, 0) is 30.6 Å². The molecule has 0 N–H and O–H groups in total. The van der Waals surface area contributed by atoms with Gasteiger partial charge in [-0.3, -0.25) is 0 Å². The third kappa shape index (κ3) is 31.4. The van der Waals surface area contributed by atoms with Crippen LogP contribution in [0, 0.1) is 17.8 Å². The lowest BCUT2D eigenvalue weighted by atomic mass is 9.75. The number of hydrogen-bond acceptors (Lipinski definition) is 0. The Hall–Kier alpha value is 0. The minimum absolute atomic E-state index is 0.833. The summed E-state index contributed by atoms with van der Waals surface area (Å²) in [6, 6.07) is 0. The van der Waals surface area contributed by atoms with Crippen LogP contribution in [-0.2, 0) is 0 Å². The van der Waals surface area contributed by atoms with E-state index in [1.165, 1.54) is 19.3 Å². The first-order chi connectivity index (χ1) is 8.06. The van der Waals surface area contributed by atoms with E-state index in [0.717, 1.165) is 17.8 Å². The van der Waals surface area contributed by atoms with Crippen molar-refractivity contribution < 1.29 is 0 Å². The van der Waals surface area contributed by atoms with E-state index >= 15 is 0 Å². The SMILES string of the molecule is CC.CC.CC.CC(C)C.CCC1CC(C)C1. The van der Waals surface area contributed by atoms with Crippen molar-refractivity contribution in [1.29, 1.82) is 0 Å². The van der Waals surface area contributed by atoms with Gasteiger partial charge in [0.25, 0.3) is 0 Å². The summed E-state index contributed by atoms with van der Waals surface area (Å²) in [5.41, 5.74) is 0. The molecule has 0 aromatic heterocycles. The number of hydrogen-bond donors (Lipinski definition) is 0. The van der Waals surface area contributed by atoms with Crippen molar-refractivity contribution in [3.63, 3.8) is 0 Å². The lowest BCUT2D eigenvalue weighted by molar-refractivity contribution is 0.206. The minimum Gasteiger partial charge on any atom is -0.0683 e. The summed E-state index contributed by atoms with van der Waals surface area (Å²) in [4.78, 5) is 0. The zero-order valence-corrected chi connectivity index (χ0v) is 14.9. The molecule has 0 heteroatoms. The van der Waals surface area contributed by atoms with Gasteiger partial charge in [0.05, 0.1) is 0 Å². The van der Waals surface area contributed by atoms with Gasteiger partial charge in [-0.25, -0.2) is 0 Å². The fourth-order valence-electron chi connectivity index (χ4n) is 1.40. The normalized spacial score (nSPS) is 19.8. The third-order valence-electron chi connectivity index (χ3n) is 2.05. The van der Waals surface area contributed by atoms with Gasteiger partial charge in [0.15, 0.2) is 0 Å². The summed E-state index contributed by atoms with van der Waals surface area (Å²) in [7, 11) is 0. The van der Waals surface area contributed by atoms with Gasteiger partial charge in [-0.2, -0.15) is 0 Å². The lowest BCUT2D eigenvalue weighted by Crippen LogP contribution is -2.19. The molecule has 0 nitrogen and oxygen atoms in total. The Bertz CT molecular complexity index is 75.3. The molecule has 1 aliphatic rings. The van der Waals surface area contributed by atoms with E-state index < -0.39 is 0 Å². The van der Waals surface area contributed by atoms with E-state index in [4.69, 9.17) is 0 Å². The Balaban J connectivity index is -0.0000000735. The minimum atomic E-state index is 0.833. The lowest BCUT2D eigenvalue weighted by Gasteiger charge is -2.31. The van der Waals surface area contributed by atoms with Gasteiger partial charge in [0.2, 0.25) is 0 Å². The van der Waals surface area contributed by atoms with Gasteiger partial charge in [-0.15, -0.1) is 0 Å². The Morgan fingerprint density at radius 2 is 1.06 bits per heavy atom. The second kappa shape index (κ2) is 25.0. The molecule has 0 bridgehead atoms. The molecule has 0 aliphatic heterocycles. The molecule has 0 heterocycles. The molecule has 1 fully saturated rings. The van der Waals surface area contributed by atoms with Crippen LogP contribution in [0.1, 0.15) is 95.4 Å². The molecule has 0 radical (unpaired) electrons. The van der Waals surface area contributed by atoms with Crippen LogP contribution >= 0.6 is 0 Å². The van der Waals surface area contributed by atoms with Crippen LogP contribution in [0.3, 0.4) is 0 Å². The average Bonchev–Trinajstić information content (AvgIpc) is 2.32. The Labute approximate surface area is 114 Å². The van der Waals surface area contributed by atoms with Crippen molar-refractivity contribution in [3.8, 4) is 0 Å². The predicted octanol–water partition coefficient (Wildman–Crippen LogP) is 7.18. The Morgan fingerprint density at radius 3 is 1.12 bits per heavy atom. The third-order valence-corrected chi connectivity index (χ3v) is 2.05. The molecule has 0 atom stereocenters. The van der Waals surface area contributed by atoms with Crippen LogP contribution in [-0.4, -0.2) is 0 Å². The second-order valence-electron chi connectivity index (χ2n) is 4.58. The van der Waals surface area contributed by atoms with E-state index in [2.05, 4.69) is 34.6 Å². The maximum Gasteiger partial charge on any atom is -0.0412 e. The molecule has 0 aromatic rings. The Kier molecular flexibility index (Phi) is 37.9. The molecule has 1 saturated carbocycles. The second-order valence-corrected chi connectivity index (χ2v) is 4.58. The predicted molar refractivity (Wildman–Crippen MR) is 86.7 cm³/mol. The van der Waals surface area contributed by atoms with Gasteiger partial charge in [0.1, 0.15) is 0 Å². The highest BCUT2D eigenvalue weighted by atomic mass is 14.3. The van der Waals surface area contributed by atoms with Crippen molar-refractivity contribution >= 4 is 0 Å². The van der Waals surface area contributed by atoms with Crippen LogP contribution in [0.15, 0.2) is 0 Å². The first-order valence-corrected chi connectivity index (χ1v) is 8.06. The molecule has 0 unspecified atom stereocenters. The average molecular weight is 247 g/mol. The molecule has 1 aliphatic carbocycles. The van der Waals surface area contributed by atoms with Crippen LogP contribution in [0.5, 0.6) is 0 Å². The molecule has 0 amide bonds. The molecular weight excluding hydrogens is 204 g/mol. The standard InChI is InChI=1S/C7H14.C4H10.3C2H6/c1-3-7-4-6(2)5-7;1-4(2)3;3*1-2/h6-7H,3-5H2,1-2H3;4H,1-3H3;3*1-2H3. The highest BCUT2D eigenvalue weighted by molar-refractivity contribution is 4.74. The fraction of sp³-hybridized carbons (Fsp3) is 1.00. The summed E-state index contributed by atoms with van der Waals surface area (Å²) in [5, 5.41) is 0. The van der Waals surface area contributed by atoms with E-state index in [9.17, 15) is 0 Å². The fourth-order valence-corrected chi connectivity index (χ4v) is 1.40. The van der Waals surface area contributed by atoms with Crippen molar-refractivity contribution in [2.45, 2.75) is 95.4 Å². The van der Waals surface area contributed by atoms with Gasteiger partial charge < -0.3 is 0 Å². The van der Waals surface area contributed by atoms with Crippen LogP contribution in [0.2, 0.25) is 0 Å². The van der Waals surface area contributed by atoms with Gasteiger partial charge in [0, 0.05) is 0 Å². The van der Waals surface area contributed by atoms with Gasteiger partial charge >= 0.3 is 0 Å². The monoisotopic (exact) mass is 246 g/mol. The summed E-state index contributed by atoms with van der Waals surface area (Å²) in [6.45, 7) is 23.1. The molecule has 0 spiro atoms. The first kappa shape index (κ1) is 25.8. The van der Waals surface area contributed by atoms with E-state index in [1.54, 1.807) is 0 Å². The molecule has 1 rings (SSSR count). The quantitative estimate of drug-likeness (QED) is 0.459. The highest BCUT2D eigenvalue weighted by Crippen LogP contribution is 2.34. The largest absolute Gasteiger partial charge is 0.0683 e. The molecular formula is C17H42. The van der Waals surface area contributed by atoms with E-state index in [-0.39, 0.29) is 0 Å². The smallest absolute Gasteiger partial charge is 0.0412 e. The summed E-state index contributed by atoms with van der Waals surface area (Å²) in [6.07, 6.45) is 4.40. The summed E-state index contributed by atoms with van der Waals surface area (Å²) in [5.74, 6) is 2.97. The first-order valence-electron chi connectivity index (χ1n) is 8.06. The molecule has 17 heavy (non-hydrogen) atoms. The molecule has 110 valence electrons. The van der Waals surface area contributed by atoms with Crippen LogP contribution < -0.4 is 0 Å². The van der Waals surface area contributed by atoms with Crippen molar-refractivity contribution in [2.24, 2.45) is 17.8 Å². The van der Waals surface area contributed by atoms with Crippen LogP contribution in [0.4, 0.5) is 0 Å². The van der Waals surface area contributed by atoms with Crippen molar-refractivity contribution in [2.75, 3.05) is 0 Å². The van der Waals surface area contributed by atoms with Crippen molar-refractivity contribution in [1.82, 2.24) is 0 Å². The molecule has 0 saturated heterocycles. The summed E-state index contributed by atoms with van der Waals surface area (Å²) >= 11 is 0. The zero-order chi connectivity index (χ0) is 14.9. The maximum atomic E-state index is 2.34. The highest BCUT2D eigenvalue weighted by Gasteiger charge is 2.22. The Morgan fingerprint density at radius 1 is 0.824 bits per heavy atom. The maximum absolute atomic E-state index is 2.34. The van der Waals surface area contributed by atoms with E-state index in [0.29, 0.717) is 0 Å². The van der Waals surface area contributed by atoms with Crippen LogP contribution in [0.25, 0.3) is 0 Å². The van der Waals surface area contributed by atoms with Crippen molar-refractivity contribution in [3.05, 3.63) is 0 Å². The molecule has 0 aromatic carbocycles. The van der Waals surface area contributed by atoms with E-state index in [1.807, 2.05) is 41.5 Å². The van der Waals surface area contributed by atoms with Gasteiger partial charge in [-0.1, -0.05) is 82.6 Å².